The number of pyridine rings is 1. The van der Waals surface area contributed by atoms with E-state index in [1.54, 1.807) is 11.0 Å². The van der Waals surface area contributed by atoms with Crippen LogP contribution in [0.4, 0.5) is 19.3 Å². The molecule has 0 aliphatic carbocycles. The minimum Gasteiger partial charge on any atom is -0.444 e. The summed E-state index contributed by atoms with van der Waals surface area (Å²) >= 11 is 6.28. The van der Waals surface area contributed by atoms with Crippen LogP contribution in [-0.2, 0) is 4.74 Å². The number of halogens is 3. The van der Waals surface area contributed by atoms with Gasteiger partial charge in [-0.05, 0) is 32.9 Å². The van der Waals surface area contributed by atoms with Crippen LogP contribution >= 0.6 is 11.6 Å². The smallest absolute Gasteiger partial charge is 0.410 e. The van der Waals surface area contributed by atoms with Crippen LogP contribution in [0.1, 0.15) is 37.7 Å². The van der Waals surface area contributed by atoms with Crippen molar-refractivity contribution in [1.82, 2.24) is 20.3 Å². The molecule has 11 heteroatoms. The van der Waals surface area contributed by atoms with E-state index < -0.39 is 24.0 Å². The van der Waals surface area contributed by atoms with Crippen molar-refractivity contribution in [3.8, 4) is 0 Å². The molecule has 0 bridgehead atoms. The highest BCUT2D eigenvalue weighted by molar-refractivity contribution is 6.32. The first-order valence-electron chi connectivity index (χ1n) is 9.77. The molecule has 0 radical (unpaired) electrons. The summed E-state index contributed by atoms with van der Waals surface area (Å²) in [6.07, 6.45) is -0.652. The summed E-state index contributed by atoms with van der Waals surface area (Å²) in [5.74, 6) is -3.39. The number of ether oxygens (including phenoxy) is 1. The Morgan fingerprint density at radius 3 is 2.37 bits per heavy atom. The van der Waals surface area contributed by atoms with Gasteiger partial charge in [-0.3, -0.25) is 10.2 Å². The third kappa shape index (κ3) is 5.69. The first kappa shape index (κ1) is 22.5. The second kappa shape index (κ2) is 8.50. The molecule has 0 atom stereocenters. The van der Waals surface area contributed by atoms with E-state index in [4.69, 9.17) is 16.3 Å². The third-order valence-electron chi connectivity index (χ3n) is 4.76. The number of alkyl halides is 2. The summed E-state index contributed by atoms with van der Waals surface area (Å²) in [5, 5.41) is 1.32. The molecule has 2 aliphatic rings. The Morgan fingerprint density at radius 1 is 1.17 bits per heavy atom. The Bertz CT molecular complexity index is 810. The lowest BCUT2D eigenvalue weighted by Gasteiger charge is -2.36. The highest BCUT2D eigenvalue weighted by Gasteiger charge is 2.39. The number of hydrogen-bond donors (Lipinski definition) is 1. The van der Waals surface area contributed by atoms with E-state index in [2.05, 4.69) is 10.4 Å². The lowest BCUT2D eigenvalue weighted by atomic mass is 10.2. The van der Waals surface area contributed by atoms with Gasteiger partial charge < -0.3 is 14.5 Å². The topological polar surface area (TPSA) is 78.0 Å². The number of hydrogen-bond acceptors (Lipinski definition) is 6. The molecule has 0 aromatic carbocycles. The maximum atomic E-state index is 13.3. The number of aromatic nitrogens is 1. The Kier molecular flexibility index (Phi) is 6.37. The fraction of sp³-hybridized carbons (Fsp3) is 0.632. The van der Waals surface area contributed by atoms with Gasteiger partial charge in [0.1, 0.15) is 11.3 Å². The SMILES string of the molecule is CC(C)(C)OC(=O)N1CCN(c2ccc(C(=O)NN3CCC(F)(F)C3)nc2Cl)CC1. The zero-order chi connectivity index (χ0) is 22.1. The van der Waals surface area contributed by atoms with Crippen molar-refractivity contribution < 1.29 is 23.1 Å². The third-order valence-corrected chi connectivity index (χ3v) is 5.04. The molecule has 1 aromatic rings. The summed E-state index contributed by atoms with van der Waals surface area (Å²) in [7, 11) is 0. The second-order valence-corrected chi connectivity index (χ2v) is 8.79. The van der Waals surface area contributed by atoms with E-state index in [0.717, 1.165) is 0 Å². The summed E-state index contributed by atoms with van der Waals surface area (Å²) in [5.41, 5.74) is 2.57. The molecule has 3 rings (SSSR count). The van der Waals surface area contributed by atoms with Crippen molar-refractivity contribution in [3.63, 3.8) is 0 Å². The van der Waals surface area contributed by atoms with E-state index in [-0.39, 0.29) is 29.9 Å². The summed E-state index contributed by atoms with van der Waals surface area (Å²) in [6, 6.07) is 3.18. The fourth-order valence-electron chi connectivity index (χ4n) is 3.28. The zero-order valence-corrected chi connectivity index (χ0v) is 18.0. The van der Waals surface area contributed by atoms with Gasteiger partial charge in [-0.2, -0.15) is 0 Å². The number of nitrogens with one attached hydrogen (secondary N) is 1. The Balaban J connectivity index is 1.57. The van der Waals surface area contributed by atoms with Crippen molar-refractivity contribution in [2.75, 3.05) is 44.2 Å². The van der Waals surface area contributed by atoms with Crippen LogP contribution in [0.25, 0.3) is 0 Å². The maximum Gasteiger partial charge on any atom is 0.410 e. The zero-order valence-electron chi connectivity index (χ0n) is 17.3. The van der Waals surface area contributed by atoms with E-state index in [0.29, 0.717) is 31.9 Å². The van der Waals surface area contributed by atoms with E-state index in [9.17, 15) is 18.4 Å². The van der Waals surface area contributed by atoms with Crippen molar-refractivity contribution in [2.45, 2.75) is 38.7 Å². The lowest BCUT2D eigenvalue weighted by molar-refractivity contribution is 0.00693. The molecule has 0 saturated carbocycles. The molecule has 2 saturated heterocycles. The summed E-state index contributed by atoms with van der Waals surface area (Å²) < 4.78 is 31.9. The van der Waals surface area contributed by atoms with Gasteiger partial charge in [-0.1, -0.05) is 11.6 Å². The molecule has 3 heterocycles. The summed E-state index contributed by atoms with van der Waals surface area (Å²) in [6.45, 7) is 7.02. The molecule has 1 aromatic heterocycles. The van der Waals surface area contributed by atoms with Crippen molar-refractivity contribution in [1.29, 1.82) is 0 Å². The molecule has 8 nitrogen and oxygen atoms in total. The largest absolute Gasteiger partial charge is 0.444 e. The second-order valence-electron chi connectivity index (χ2n) is 8.43. The molecule has 2 fully saturated rings. The average molecular weight is 446 g/mol. The van der Waals surface area contributed by atoms with Crippen molar-refractivity contribution in [2.24, 2.45) is 0 Å². The van der Waals surface area contributed by atoms with E-state index in [1.165, 1.54) is 11.1 Å². The van der Waals surface area contributed by atoms with Gasteiger partial charge in [0.25, 0.3) is 11.8 Å². The van der Waals surface area contributed by atoms with Crippen molar-refractivity contribution in [3.05, 3.63) is 23.0 Å². The van der Waals surface area contributed by atoms with Gasteiger partial charge >= 0.3 is 6.09 Å². The number of carbonyl (C=O) groups is 2. The van der Waals surface area contributed by atoms with Crippen LogP contribution < -0.4 is 10.3 Å². The van der Waals surface area contributed by atoms with Crippen LogP contribution in [-0.4, -0.2) is 77.7 Å². The number of anilines is 1. The minimum absolute atomic E-state index is 0.0476. The Labute approximate surface area is 179 Å². The van der Waals surface area contributed by atoms with E-state index >= 15 is 0 Å². The highest BCUT2D eigenvalue weighted by atomic mass is 35.5. The van der Waals surface area contributed by atoms with Crippen LogP contribution in [0.15, 0.2) is 12.1 Å². The van der Waals surface area contributed by atoms with Crippen LogP contribution in [0.5, 0.6) is 0 Å². The van der Waals surface area contributed by atoms with Gasteiger partial charge in [0.05, 0.1) is 12.2 Å². The number of amides is 2. The predicted octanol–water partition coefficient (Wildman–Crippen LogP) is 2.78. The number of hydrazine groups is 1. The number of carbonyl (C=O) groups excluding carboxylic acids is 2. The Hall–Kier alpha value is -2.20. The minimum atomic E-state index is -2.80. The van der Waals surface area contributed by atoms with Gasteiger partial charge in [-0.25, -0.2) is 23.6 Å². The quantitative estimate of drug-likeness (QED) is 0.721. The molecular formula is C19H26ClF2N5O3. The lowest BCUT2D eigenvalue weighted by Crippen LogP contribution is -2.50. The van der Waals surface area contributed by atoms with Gasteiger partial charge in [0, 0.05) is 39.1 Å². The molecule has 1 N–H and O–H groups in total. The summed E-state index contributed by atoms with van der Waals surface area (Å²) in [4.78, 5) is 32.2. The maximum absolute atomic E-state index is 13.3. The molecule has 0 unspecified atom stereocenters. The molecule has 0 spiro atoms. The number of rotatable bonds is 3. The highest BCUT2D eigenvalue weighted by Crippen LogP contribution is 2.27. The standard InChI is InChI=1S/C19H26ClF2N5O3/c1-18(2,3)30-17(29)26-10-8-25(9-11-26)14-5-4-13(23-15(14)20)16(28)24-27-7-6-19(21,22)12-27/h4-5H,6-12H2,1-3H3,(H,24,28). The van der Waals surface area contributed by atoms with Gasteiger partial charge in [0.15, 0.2) is 5.15 Å². The van der Waals surface area contributed by atoms with E-state index in [1.807, 2.05) is 25.7 Å². The van der Waals surface area contributed by atoms with Crippen LogP contribution in [0.2, 0.25) is 5.15 Å². The molecule has 2 aliphatic heterocycles. The van der Waals surface area contributed by atoms with Gasteiger partial charge in [-0.15, -0.1) is 0 Å². The van der Waals surface area contributed by atoms with Crippen LogP contribution in [0, 0.1) is 0 Å². The number of nitrogens with zero attached hydrogens (tertiary/aromatic N) is 4. The van der Waals surface area contributed by atoms with Gasteiger partial charge in [0.2, 0.25) is 0 Å². The average Bonchev–Trinajstić information content (AvgIpc) is 2.98. The molecule has 30 heavy (non-hydrogen) atoms. The van der Waals surface area contributed by atoms with Crippen LogP contribution in [0.3, 0.4) is 0 Å². The Morgan fingerprint density at radius 2 is 1.83 bits per heavy atom. The van der Waals surface area contributed by atoms with Crippen molar-refractivity contribution >= 4 is 29.3 Å². The monoisotopic (exact) mass is 445 g/mol. The molecular weight excluding hydrogens is 420 g/mol. The molecule has 166 valence electrons. The molecule has 2 amide bonds. The predicted molar refractivity (Wildman–Crippen MR) is 108 cm³/mol. The normalized spacial score (nSPS) is 19.7. The first-order valence-corrected chi connectivity index (χ1v) is 10.1. The fourth-order valence-corrected chi connectivity index (χ4v) is 3.55. The number of piperazine rings is 1. The first-order chi connectivity index (χ1) is 13.9.